The van der Waals surface area contributed by atoms with Gasteiger partial charge in [0.15, 0.2) is 11.5 Å². The Balaban J connectivity index is 1.77. The first-order chi connectivity index (χ1) is 20.2. The molecular weight excluding hydrogens is 547 g/mol. The smallest absolute Gasteiger partial charge is 0.343 e. The topological polar surface area (TPSA) is 140 Å². The highest BCUT2D eigenvalue weighted by Gasteiger charge is 2.25. The van der Waals surface area contributed by atoms with Gasteiger partial charge in [-0.2, -0.15) is 0 Å². The molecule has 218 valence electrons. The van der Waals surface area contributed by atoms with Crippen LogP contribution in [0.1, 0.15) is 11.3 Å². The van der Waals surface area contributed by atoms with Crippen LogP contribution < -0.4 is 26.8 Å². The molecule has 0 atom stereocenters. The first-order valence-corrected chi connectivity index (χ1v) is 12.8. The number of aromatic amines is 1. The van der Waals surface area contributed by atoms with Crippen molar-refractivity contribution >= 4 is 22.8 Å². The molecule has 14 heteroatoms. The lowest BCUT2D eigenvalue weighted by atomic mass is 10.2. The molecule has 13 nitrogen and oxygen atoms in total. The maximum absolute atomic E-state index is 14.8. The van der Waals surface area contributed by atoms with Crippen molar-refractivity contribution in [2.45, 2.75) is 13.1 Å². The molecule has 3 heterocycles. The van der Waals surface area contributed by atoms with Gasteiger partial charge in [-0.05, 0) is 50.5 Å². The fourth-order valence-electron chi connectivity index (χ4n) is 4.62. The summed E-state index contributed by atoms with van der Waals surface area (Å²) in [5, 5.41) is 7.54. The second kappa shape index (κ2) is 11.7. The van der Waals surface area contributed by atoms with E-state index in [2.05, 4.69) is 20.6 Å². The lowest BCUT2D eigenvalue weighted by molar-refractivity contribution is 0.114. The zero-order chi connectivity index (χ0) is 30.0. The Labute approximate surface area is 238 Å². The molecule has 0 spiro atoms. The van der Waals surface area contributed by atoms with Crippen LogP contribution in [0.15, 0.2) is 70.3 Å². The monoisotopic (exact) mass is 576 g/mol. The summed E-state index contributed by atoms with van der Waals surface area (Å²) in [5.41, 5.74) is 2.79. The summed E-state index contributed by atoms with van der Waals surface area (Å²) in [7, 11) is 6.47. The fourth-order valence-corrected chi connectivity index (χ4v) is 4.62. The van der Waals surface area contributed by atoms with Gasteiger partial charge in [0.25, 0.3) is 5.56 Å². The van der Waals surface area contributed by atoms with Gasteiger partial charge in [0.05, 0.1) is 32.1 Å². The molecule has 0 saturated heterocycles. The van der Waals surface area contributed by atoms with Crippen LogP contribution in [0.3, 0.4) is 0 Å². The van der Waals surface area contributed by atoms with Crippen molar-refractivity contribution in [2.75, 3.05) is 33.6 Å². The second-order valence-corrected chi connectivity index (χ2v) is 9.61. The van der Waals surface area contributed by atoms with Gasteiger partial charge in [-0.1, -0.05) is 18.2 Å². The number of carbonyl (C=O) groups is 1. The van der Waals surface area contributed by atoms with Crippen LogP contribution in [0.25, 0.3) is 22.5 Å². The number of rotatable bonds is 9. The quantitative estimate of drug-likeness (QED) is 0.229. The third kappa shape index (κ3) is 5.40. The van der Waals surface area contributed by atoms with Crippen LogP contribution in [0.4, 0.5) is 14.9 Å². The molecule has 0 radical (unpaired) electrons. The molecule has 0 unspecified atom stereocenters. The van der Waals surface area contributed by atoms with Crippen molar-refractivity contribution in [1.29, 1.82) is 0 Å². The number of ether oxygens (including phenoxy) is 1. The molecule has 0 bridgehead atoms. The summed E-state index contributed by atoms with van der Waals surface area (Å²) in [6, 6.07) is 15.5. The zero-order valence-electron chi connectivity index (χ0n) is 23.3. The number of amides is 2. The summed E-state index contributed by atoms with van der Waals surface area (Å²) in [5.74, 6) is 0.0545. The Bertz CT molecular complexity index is 1870. The van der Waals surface area contributed by atoms with Crippen LogP contribution in [0.2, 0.25) is 0 Å². The molecule has 0 aliphatic heterocycles. The van der Waals surface area contributed by atoms with Crippen LogP contribution in [0, 0.1) is 5.82 Å². The number of nitrogens with zero attached hydrogens (tertiary/aromatic N) is 5. The summed E-state index contributed by atoms with van der Waals surface area (Å²) in [6.45, 7) is 0.115. The highest BCUT2D eigenvalue weighted by Crippen LogP contribution is 2.23. The Kier molecular flexibility index (Phi) is 7.91. The number of benzene rings is 2. The number of hydrogen-bond acceptors (Lipinski definition) is 7. The minimum absolute atomic E-state index is 0.0987. The van der Waals surface area contributed by atoms with Crippen LogP contribution in [-0.2, 0) is 17.9 Å². The van der Waals surface area contributed by atoms with E-state index in [1.807, 2.05) is 19.0 Å². The van der Waals surface area contributed by atoms with Gasteiger partial charge in [-0.3, -0.25) is 14.2 Å². The Morgan fingerprint density at radius 2 is 1.79 bits per heavy atom. The normalized spacial score (nSPS) is 11.3. The van der Waals surface area contributed by atoms with Crippen molar-refractivity contribution in [1.82, 2.24) is 34.3 Å². The Morgan fingerprint density at radius 3 is 2.43 bits per heavy atom. The molecule has 2 amide bonds. The lowest BCUT2D eigenvalue weighted by Gasteiger charge is -2.14. The number of urea groups is 1. The van der Waals surface area contributed by atoms with E-state index in [1.54, 1.807) is 59.3 Å². The summed E-state index contributed by atoms with van der Waals surface area (Å²) >= 11 is 0. The number of hydrogen-bond donors (Lipinski definition) is 3. The molecule has 0 fully saturated rings. The maximum Gasteiger partial charge on any atom is 0.343 e. The van der Waals surface area contributed by atoms with Gasteiger partial charge in [0, 0.05) is 23.9 Å². The van der Waals surface area contributed by atoms with Crippen LogP contribution in [-0.4, -0.2) is 63.1 Å². The van der Waals surface area contributed by atoms with Crippen LogP contribution >= 0.6 is 0 Å². The lowest BCUT2D eigenvalue weighted by Crippen LogP contribution is -2.39. The van der Waals surface area contributed by atoms with E-state index in [4.69, 9.17) is 9.84 Å². The summed E-state index contributed by atoms with van der Waals surface area (Å²) < 4.78 is 23.8. The van der Waals surface area contributed by atoms with E-state index in [1.165, 1.54) is 24.9 Å². The molecule has 2 aromatic carbocycles. The number of hydroxylamine groups is 1. The van der Waals surface area contributed by atoms with Gasteiger partial charge >= 0.3 is 11.7 Å². The zero-order valence-corrected chi connectivity index (χ0v) is 23.3. The number of nitrogens with one attached hydrogen (secondary N) is 3. The van der Waals surface area contributed by atoms with E-state index in [9.17, 15) is 18.8 Å². The second-order valence-electron chi connectivity index (χ2n) is 9.61. The molecule has 5 aromatic rings. The van der Waals surface area contributed by atoms with Gasteiger partial charge in [0.2, 0.25) is 0 Å². The molecule has 3 N–H and O–H groups in total. The van der Waals surface area contributed by atoms with E-state index >= 15 is 0 Å². The Morgan fingerprint density at radius 1 is 1.05 bits per heavy atom. The van der Waals surface area contributed by atoms with Crippen LogP contribution in [0.5, 0.6) is 5.88 Å². The number of carbonyl (C=O) groups excluding carboxylic acids is 1. The van der Waals surface area contributed by atoms with Crippen molar-refractivity contribution in [2.24, 2.45) is 0 Å². The molecule has 0 aliphatic carbocycles. The highest BCUT2D eigenvalue weighted by molar-refractivity contribution is 5.88. The molecule has 0 saturated carbocycles. The molecule has 5 rings (SSSR count). The van der Waals surface area contributed by atoms with Gasteiger partial charge < -0.3 is 19.9 Å². The number of aromatic nitrogens is 5. The summed E-state index contributed by atoms with van der Waals surface area (Å²) in [6.07, 6.45) is 0. The van der Waals surface area contributed by atoms with Gasteiger partial charge in [-0.15, -0.1) is 5.10 Å². The van der Waals surface area contributed by atoms with E-state index in [0.717, 1.165) is 4.57 Å². The molecular formula is C28H29FN8O5. The number of anilines is 1. The minimum Gasteiger partial charge on any atom is -0.482 e. The Hall–Kier alpha value is -5.21. The SMILES string of the molecule is CONC(=O)Nc1ccc(-n2nc3c(c2CN(C)C)c(=O)n(-c2ccc(OC)[nH]2)c(=O)n3Cc2ccccc2F)cc1. The first-order valence-electron chi connectivity index (χ1n) is 12.8. The number of H-pyrrole nitrogens is 1. The number of methoxy groups -OCH3 is 1. The van der Waals surface area contributed by atoms with E-state index < -0.39 is 23.1 Å². The third-order valence-electron chi connectivity index (χ3n) is 6.48. The van der Waals surface area contributed by atoms with Crippen molar-refractivity contribution in [3.05, 3.63) is 98.6 Å². The van der Waals surface area contributed by atoms with Crippen molar-refractivity contribution in [3.8, 4) is 17.4 Å². The summed E-state index contributed by atoms with van der Waals surface area (Å²) in [4.78, 5) is 49.2. The van der Waals surface area contributed by atoms with Gasteiger partial charge in [-0.25, -0.2) is 28.7 Å². The van der Waals surface area contributed by atoms with E-state index in [0.29, 0.717) is 22.9 Å². The minimum atomic E-state index is -0.704. The molecule has 42 heavy (non-hydrogen) atoms. The standard InChI is InChI=1S/C28H29FN8O5/c1-34(2)16-21-24-25(32-37(21)19-11-9-18(10-12-19)30-27(39)33-42-4)35(15-17-7-5-6-8-20(17)29)28(40)36(26(24)38)22-13-14-23(31-22)41-3/h5-14,31H,15-16H2,1-4H3,(H2,30,33,39). The maximum atomic E-state index is 14.8. The molecule has 0 aliphatic rings. The fraction of sp³-hybridized carbons (Fsp3) is 0.214. The van der Waals surface area contributed by atoms with Crippen molar-refractivity contribution in [3.63, 3.8) is 0 Å². The predicted octanol–water partition coefficient (Wildman–Crippen LogP) is 2.61. The average molecular weight is 577 g/mol. The average Bonchev–Trinajstić information content (AvgIpc) is 3.58. The van der Waals surface area contributed by atoms with Gasteiger partial charge in [0.1, 0.15) is 17.0 Å². The predicted molar refractivity (Wildman–Crippen MR) is 154 cm³/mol. The number of halogens is 1. The highest BCUT2D eigenvalue weighted by atomic mass is 19.1. The van der Waals surface area contributed by atoms with Crippen molar-refractivity contribution < 1.29 is 18.8 Å². The molecule has 3 aromatic heterocycles. The number of fused-ring (bicyclic) bond motifs is 1. The third-order valence-corrected chi connectivity index (χ3v) is 6.48. The first kappa shape index (κ1) is 28.3. The van der Waals surface area contributed by atoms with E-state index in [-0.39, 0.29) is 35.5 Å². The largest absolute Gasteiger partial charge is 0.482 e.